The van der Waals surface area contributed by atoms with Gasteiger partial charge in [-0.25, -0.2) is 8.78 Å². The van der Waals surface area contributed by atoms with Crippen LogP contribution in [0.3, 0.4) is 0 Å². The van der Waals surface area contributed by atoms with Gasteiger partial charge in [0.1, 0.15) is 11.6 Å². The van der Waals surface area contributed by atoms with Crippen LogP contribution in [0.15, 0.2) is 53.4 Å². The van der Waals surface area contributed by atoms with E-state index in [0.717, 1.165) is 17.1 Å². The molecule has 7 heteroatoms. The number of nitrogens with one attached hydrogen (secondary N) is 2. The SMILES string of the molecule is O=C(CNC(=O)c1ccc(F)cc1)NCCCSc1ccc(F)cc1. The fraction of sp³-hybridized carbons (Fsp3) is 0.222. The minimum atomic E-state index is -0.429. The minimum absolute atomic E-state index is 0.138. The lowest BCUT2D eigenvalue weighted by molar-refractivity contribution is -0.120. The van der Waals surface area contributed by atoms with Crippen LogP contribution in [0.4, 0.5) is 8.78 Å². The summed E-state index contributed by atoms with van der Waals surface area (Å²) < 4.78 is 25.5. The van der Waals surface area contributed by atoms with E-state index in [1.165, 1.54) is 36.4 Å². The highest BCUT2D eigenvalue weighted by molar-refractivity contribution is 7.99. The number of carbonyl (C=O) groups excluding carboxylic acids is 2. The topological polar surface area (TPSA) is 58.2 Å². The third kappa shape index (κ3) is 6.93. The zero-order chi connectivity index (χ0) is 18.1. The third-order valence-electron chi connectivity index (χ3n) is 3.24. The van der Waals surface area contributed by atoms with Gasteiger partial charge in [0.05, 0.1) is 6.54 Å². The Balaban J connectivity index is 1.58. The van der Waals surface area contributed by atoms with Crippen LogP contribution in [0.2, 0.25) is 0 Å². The van der Waals surface area contributed by atoms with Crippen molar-refractivity contribution in [3.63, 3.8) is 0 Å². The lowest BCUT2D eigenvalue weighted by Crippen LogP contribution is -2.37. The Morgan fingerprint density at radius 3 is 2.12 bits per heavy atom. The van der Waals surface area contributed by atoms with Crippen molar-refractivity contribution in [2.75, 3.05) is 18.8 Å². The lowest BCUT2D eigenvalue weighted by atomic mass is 10.2. The monoisotopic (exact) mass is 364 g/mol. The molecule has 0 aliphatic carbocycles. The molecule has 0 aliphatic heterocycles. The Morgan fingerprint density at radius 2 is 1.48 bits per heavy atom. The molecule has 0 radical (unpaired) electrons. The number of carbonyl (C=O) groups is 2. The molecule has 2 rings (SSSR count). The van der Waals surface area contributed by atoms with Crippen LogP contribution in [0, 0.1) is 11.6 Å². The van der Waals surface area contributed by atoms with Crippen molar-refractivity contribution in [3.05, 3.63) is 65.7 Å². The molecule has 0 bridgehead atoms. The molecule has 25 heavy (non-hydrogen) atoms. The van der Waals surface area contributed by atoms with Crippen molar-refractivity contribution in [2.24, 2.45) is 0 Å². The molecule has 0 saturated carbocycles. The van der Waals surface area contributed by atoms with Crippen LogP contribution >= 0.6 is 11.8 Å². The average molecular weight is 364 g/mol. The molecule has 0 heterocycles. The van der Waals surface area contributed by atoms with E-state index in [0.29, 0.717) is 12.1 Å². The second kappa shape index (κ2) is 9.78. The Hall–Kier alpha value is -2.41. The Bertz CT molecular complexity index is 706. The molecule has 0 atom stereocenters. The van der Waals surface area contributed by atoms with Gasteiger partial charge in [0.15, 0.2) is 0 Å². The summed E-state index contributed by atoms with van der Waals surface area (Å²) in [4.78, 5) is 24.4. The smallest absolute Gasteiger partial charge is 0.251 e. The van der Waals surface area contributed by atoms with Crippen molar-refractivity contribution < 1.29 is 18.4 Å². The second-order valence-corrected chi connectivity index (χ2v) is 6.36. The van der Waals surface area contributed by atoms with Gasteiger partial charge < -0.3 is 10.6 Å². The highest BCUT2D eigenvalue weighted by Crippen LogP contribution is 2.18. The molecule has 2 amide bonds. The molecular weight excluding hydrogens is 346 g/mol. The molecule has 2 N–H and O–H groups in total. The van der Waals surface area contributed by atoms with E-state index in [1.54, 1.807) is 23.9 Å². The van der Waals surface area contributed by atoms with E-state index in [9.17, 15) is 18.4 Å². The molecule has 0 fully saturated rings. The first kappa shape index (κ1) is 18.9. The van der Waals surface area contributed by atoms with Gasteiger partial charge in [0, 0.05) is 17.0 Å². The molecule has 2 aromatic rings. The van der Waals surface area contributed by atoms with Crippen LogP contribution in [-0.2, 0) is 4.79 Å². The van der Waals surface area contributed by atoms with Gasteiger partial charge in [-0.3, -0.25) is 9.59 Å². The van der Waals surface area contributed by atoms with Gasteiger partial charge in [-0.2, -0.15) is 0 Å². The lowest BCUT2D eigenvalue weighted by Gasteiger charge is -2.07. The summed E-state index contributed by atoms with van der Waals surface area (Å²) in [6, 6.07) is 11.3. The van der Waals surface area contributed by atoms with Gasteiger partial charge in [-0.05, 0) is 60.7 Å². The summed E-state index contributed by atoms with van der Waals surface area (Å²) in [6.45, 7) is 0.348. The van der Waals surface area contributed by atoms with Gasteiger partial charge >= 0.3 is 0 Å². The summed E-state index contributed by atoms with van der Waals surface area (Å²) in [5.74, 6) is -0.621. The average Bonchev–Trinajstić information content (AvgIpc) is 2.61. The second-order valence-electron chi connectivity index (χ2n) is 5.20. The summed E-state index contributed by atoms with van der Waals surface area (Å²) in [5.41, 5.74) is 0.296. The van der Waals surface area contributed by atoms with Crippen LogP contribution in [0.5, 0.6) is 0 Å². The first-order valence-electron chi connectivity index (χ1n) is 7.73. The zero-order valence-corrected chi connectivity index (χ0v) is 14.2. The number of hydrogen-bond acceptors (Lipinski definition) is 3. The Labute approximate surface area is 149 Å². The summed E-state index contributed by atoms with van der Waals surface area (Å²) in [5, 5.41) is 5.18. The highest BCUT2D eigenvalue weighted by Gasteiger charge is 2.07. The van der Waals surface area contributed by atoms with Crippen molar-refractivity contribution in [3.8, 4) is 0 Å². The molecule has 0 saturated heterocycles. The maximum absolute atomic E-state index is 12.8. The van der Waals surface area contributed by atoms with E-state index in [2.05, 4.69) is 10.6 Å². The predicted molar refractivity (Wildman–Crippen MR) is 93.5 cm³/mol. The molecule has 4 nitrogen and oxygen atoms in total. The molecular formula is C18H18F2N2O2S. The number of hydrogen-bond donors (Lipinski definition) is 2. The molecule has 0 aliphatic rings. The van der Waals surface area contributed by atoms with Crippen molar-refractivity contribution >= 4 is 23.6 Å². The first-order chi connectivity index (χ1) is 12.0. The summed E-state index contributed by atoms with van der Waals surface area (Å²) >= 11 is 1.58. The minimum Gasteiger partial charge on any atom is -0.355 e. The molecule has 0 spiro atoms. The van der Waals surface area contributed by atoms with Gasteiger partial charge in [-0.15, -0.1) is 11.8 Å². The molecule has 0 aromatic heterocycles. The van der Waals surface area contributed by atoms with Crippen molar-refractivity contribution in [1.82, 2.24) is 10.6 Å². The predicted octanol–water partition coefficient (Wildman–Crippen LogP) is 2.99. The van der Waals surface area contributed by atoms with Crippen LogP contribution in [-0.4, -0.2) is 30.7 Å². The number of halogens is 2. The zero-order valence-electron chi connectivity index (χ0n) is 13.4. The standard InChI is InChI=1S/C18H18F2N2O2S/c19-14-4-2-13(3-5-14)18(24)22-12-17(23)21-10-1-11-25-16-8-6-15(20)7-9-16/h2-9H,1,10-12H2,(H,21,23)(H,22,24). The normalized spacial score (nSPS) is 10.3. The fourth-order valence-corrected chi connectivity index (χ4v) is 2.80. The summed E-state index contributed by atoms with van der Waals surface area (Å²) in [7, 11) is 0. The van der Waals surface area contributed by atoms with Crippen molar-refractivity contribution in [2.45, 2.75) is 11.3 Å². The van der Waals surface area contributed by atoms with Gasteiger partial charge in [-0.1, -0.05) is 0 Å². The maximum Gasteiger partial charge on any atom is 0.251 e. The summed E-state index contributed by atoms with van der Waals surface area (Å²) in [6.07, 6.45) is 0.750. The quantitative estimate of drug-likeness (QED) is 0.559. The number of benzene rings is 2. The number of thioether (sulfide) groups is 1. The van der Waals surface area contributed by atoms with E-state index in [-0.39, 0.29) is 18.3 Å². The van der Waals surface area contributed by atoms with E-state index in [4.69, 9.17) is 0 Å². The fourth-order valence-electron chi connectivity index (χ4n) is 1.95. The van der Waals surface area contributed by atoms with Crippen molar-refractivity contribution in [1.29, 1.82) is 0 Å². The largest absolute Gasteiger partial charge is 0.355 e. The van der Waals surface area contributed by atoms with Crippen LogP contribution in [0.25, 0.3) is 0 Å². The van der Waals surface area contributed by atoms with Gasteiger partial charge in [0.25, 0.3) is 5.91 Å². The molecule has 2 aromatic carbocycles. The number of rotatable bonds is 8. The van der Waals surface area contributed by atoms with E-state index >= 15 is 0 Å². The van der Waals surface area contributed by atoms with Crippen LogP contribution in [0.1, 0.15) is 16.8 Å². The molecule has 132 valence electrons. The third-order valence-corrected chi connectivity index (χ3v) is 4.34. The van der Waals surface area contributed by atoms with E-state index in [1.807, 2.05) is 0 Å². The first-order valence-corrected chi connectivity index (χ1v) is 8.72. The van der Waals surface area contributed by atoms with E-state index < -0.39 is 11.7 Å². The highest BCUT2D eigenvalue weighted by atomic mass is 32.2. The Kier molecular flexibility index (Phi) is 7.40. The van der Waals surface area contributed by atoms with Crippen LogP contribution < -0.4 is 10.6 Å². The maximum atomic E-state index is 12.8. The number of amides is 2. The van der Waals surface area contributed by atoms with Gasteiger partial charge in [0.2, 0.25) is 5.91 Å². The Morgan fingerprint density at radius 1 is 0.880 bits per heavy atom. The molecule has 0 unspecified atom stereocenters.